The maximum absolute atomic E-state index is 12.9. The molecular formula is C15H13ClF3N3. The molecule has 0 heterocycles. The zero-order chi connectivity index (χ0) is 16.3. The van der Waals surface area contributed by atoms with Crippen LogP contribution < -0.4 is 4.90 Å². The Balaban J connectivity index is 2.30. The number of nitrogens with zero attached hydrogens (tertiary/aromatic N) is 3. The van der Waals surface area contributed by atoms with Crippen molar-refractivity contribution in [3.8, 4) is 0 Å². The number of rotatable bonds is 3. The third-order valence-electron chi connectivity index (χ3n) is 2.90. The van der Waals surface area contributed by atoms with Gasteiger partial charge in [-0.25, -0.2) is 0 Å². The quantitative estimate of drug-likeness (QED) is 0.651. The first-order valence-electron chi connectivity index (χ1n) is 6.33. The van der Waals surface area contributed by atoms with E-state index in [1.165, 1.54) is 12.1 Å². The average Bonchev–Trinajstić information content (AvgIpc) is 2.45. The van der Waals surface area contributed by atoms with Gasteiger partial charge in [-0.1, -0.05) is 11.6 Å². The predicted octanol–water partition coefficient (Wildman–Crippen LogP) is 5.84. The summed E-state index contributed by atoms with van der Waals surface area (Å²) in [6, 6.07) is 10.4. The van der Waals surface area contributed by atoms with E-state index in [1.807, 2.05) is 19.0 Å². The summed E-state index contributed by atoms with van der Waals surface area (Å²) in [5.74, 6) is 0. The van der Waals surface area contributed by atoms with Crippen LogP contribution in [-0.4, -0.2) is 14.1 Å². The summed E-state index contributed by atoms with van der Waals surface area (Å²) in [6.07, 6.45) is -4.53. The highest BCUT2D eigenvalue weighted by Crippen LogP contribution is 2.38. The Morgan fingerprint density at radius 1 is 0.955 bits per heavy atom. The Labute approximate surface area is 131 Å². The van der Waals surface area contributed by atoms with Gasteiger partial charge in [-0.3, -0.25) is 0 Å². The van der Waals surface area contributed by atoms with E-state index < -0.39 is 11.7 Å². The van der Waals surface area contributed by atoms with Crippen LogP contribution in [0, 0.1) is 0 Å². The van der Waals surface area contributed by atoms with Gasteiger partial charge in [0.25, 0.3) is 0 Å². The van der Waals surface area contributed by atoms with Crippen LogP contribution in [0.25, 0.3) is 0 Å². The van der Waals surface area contributed by atoms with Crippen LogP contribution in [0.1, 0.15) is 5.56 Å². The molecule has 116 valence electrons. The van der Waals surface area contributed by atoms with Gasteiger partial charge in [-0.15, -0.1) is 5.11 Å². The van der Waals surface area contributed by atoms with Crippen LogP contribution in [0.3, 0.4) is 0 Å². The highest BCUT2D eigenvalue weighted by molar-refractivity contribution is 6.30. The lowest BCUT2D eigenvalue weighted by Crippen LogP contribution is -2.07. The number of alkyl halides is 3. The van der Waals surface area contributed by atoms with Gasteiger partial charge < -0.3 is 4.90 Å². The van der Waals surface area contributed by atoms with Gasteiger partial charge in [0.15, 0.2) is 0 Å². The molecule has 7 heteroatoms. The minimum Gasteiger partial charge on any atom is -0.378 e. The molecule has 0 aliphatic rings. The predicted molar refractivity (Wildman–Crippen MR) is 81.4 cm³/mol. The van der Waals surface area contributed by atoms with E-state index in [9.17, 15) is 13.2 Å². The van der Waals surface area contributed by atoms with Crippen molar-refractivity contribution in [1.82, 2.24) is 0 Å². The van der Waals surface area contributed by atoms with E-state index in [0.29, 0.717) is 5.69 Å². The molecule has 0 aliphatic carbocycles. The molecule has 0 aromatic heterocycles. The van der Waals surface area contributed by atoms with Crippen molar-refractivity contribution in [2.45, 2.75) is 6.18 Å². The number of hydrogen-bond acceptors (Lipinski definition) is 3. The minimum atomic E-state index is -4.53. The molecule has 0 saturated heterocycles. The van der Waals surface area contributed by atoms with Crippen molar-refractivity contribution in [3.63, 3.8) is 0 Å². The summed E-state index contributed by atoms with van der Waals surface area (Å²) in [5, 5.41) is 7.54. The minimum absolute atomic E-state index is 0.00149. The second-order valence-corrected chi connectivity index (χ2v) is 5.21. The average molecular weight is 328 g/mol. The Morgan fingerprint density at radius 2 is 1.59 bits per heavy atom. The second-order valence-electron chi connectivity index (χ2n) is 4.77. The molecule has 0 unspecified atom stereocenters. The first-order valence-corrected chi connectivity index (χ1v) is 6.71. The Kier molecular flexibility index (Phi) is 4.71. The Hall–Kier alpha value is -2.08. The Morgan fingerprint density at radius 3 is 2.14 bits per heavy atom. The van der Waals surface area contributed by atoms with Crippen molar-refractivity contribution >= 4 is 28.7 Å². The van der Waals surface area contributed by atoms with Crippen molar-refractivity contribution in [2.75, 3.05) is 19.0 Å². The molecule has 0 saturated carbocycles. The zero-order valence-corrected chi connectivity index (χ0v) is 12.7. The number of hydrogen-bond donors (Lipinski definition) is 0. The molecule has 3 nitrogen and oxygen atoms in total. The summed E-state index contributed by atoms with van der Waals surface area (Å²) in [6.45, 7) is 0. The summed E-state index contributed by atoms with van der Waals surface area (Å²) >= 11 is 5.61. The van der Waals surface area contributed by atoms with E-state index in [0.717, 1.165) is 11.8 Å². The highest BCUT2D eigenvalue weighted by atomic mass is 35.5. The van der Waals surface area contributed by atoms with E-state index in [1.54, 1.807) is 24.3 Å². The van der Waals surface area contributed by atoms with Crippen LogP contribution in [0.5, 0.6) is 0 Å². The van der Waals surface area contributed by atoms with Crippen molar-refractivity contribution in [2.24, 2.45) is 10.2 Å². The van der Waals surface area contributed by atoms with E-state index >= 15 is 0 Å². The first kappa shape index (κ1) is 16.3. The zero-order valence-electron chi connectivity index (χ0n) is 11.9. The third kappa shape index (κ3) is 3.98. The number of benzene rings is 2. The molecule has 0 amide bonds. The van der Waals surface area contributed by atoms with E-state index in [2.05, 4.69) is 10.2 Å². The van der Waals surface area contributed by atoms with Gasteiger partial charge in [-0.05, 0) is 42.5 Å². The van der Waals surface area contributed by atoms with Crippen molar-refractivity contribution in [3.05, 3.63) is 53.1 Å². The molecule has 2 aromatic carbocycles. The van der Waals surface area contributed by atoms with Crippen LogP contribution in [0.15, 0.2) is 52.7 Å². The molecule has 0 fully saturated rings. The molecular weight excluding hydrogens is 315 g/mol. The third-order valence-corrected chi connectivity index (χ3v) is 3.14. The summed E-state index contributed by atoms with van der Waals surface area (Å²) in [7, 11) is 3.78. The lowest BCUT2D eigenvalue weighted by molar-refractivity contribution is -0.137. The normalized spacial score (nSPS) is 11.9. The summed E-state index contributed by atoms with van der Waals surface area (Å²) in [5.41, 5.74) is 0.248. The lowest BCUT2D eigenvalue weighted by Gasteiger charge is -2.11. The molecule has 2 aromatic rings. The molecule has 0 aliphatic heterocycles. The molecule has 0 N–H and O–H groups in total. The fourth-order valence-electron chi connectivity index (χ4n) is 1.75. The second kappa shape index (κ2) is 6.36. The standard InChI is InChI=1S/C15H13ClF3N3/c1-22(2)12-6-4-11(5-7-12)20-21-14-8-3-10(16)9-13(14)15(17,18)19/h3-9H,1-2H3. The number of anilines is 1. The van der Waals surface area contributed by atoms with E-state index in [-0.39, 0.29) is 10.7 Å². The molecule has 0 bridgehead atoms. The monoisotopic (exact) mass is 327 g/mol. The molecule has 0 spiro atoms. The van der Waals surface area contributed by atoms with Crippen molar-refractivity contribution < 1.29 is 13.2 Å². The SMILES string of the molecule is CN(C)c1ccc(N=Nc2ccc(Cl)cc2C(F)(F)F)cc1. The van der Waals surface area contributed by atoms with Gasteiger partial charge in [0.05, 0.1) is 16.9 Å². The number of azo groups is 1. The molecule has 0 radical (unpaired) electrons. The van der Waals surface area contributed by atoms with Gasteiger partial charge >= 0.3 is 6.18 Å². The van der Waals surface area contributed by atoms with Gasteiger partial charge in [0.2, 0.25) is 0 Å². The van der Waals surface area contributed by atoms with Crippen LogP contribution in [-0.2, 0) is 6.18 Å². The first-order chi connectivity index (χ1) is 10.3. The number of halogens is 4. The maximum atomic E-state index is 12.9. The fraction of sp³-hybridized carbons (Fsp3) is 0.200. The van der Waals surface area contributed by atoms with Crippen LogP contribution >= 0.6 is 11.6 Å². The van der Waals surface area contributed by atoms with Gasteiger partial charge in [0, 0.05) is 24.8 Å². The van der Waals surface area contributed by atoms with Crippen LogP contribution in [0.4, 0.5) is 30.2 Å². The lowest BCUT2D eigenvalue weighted by atomic mass is 10.2. The largest absolute Gasteiger partial charge is 0.418 e. The molecule has 22 heavy (non-hydrogen) atoms. The molecule has 0 atom stereocenters. The smallest absolute Gasteiger partial charge is 0.378 e. The van der Waals surface area contributed by atoms with Gasteiger partial charge in [-0.2, -0.15) is 18.3 Å². The maximum Gasteiger partial charge on any atom is 0.418 e. The van der Waals surface area contributed by atoms with Crippen molar-refractivity contribution in [1.29, 1.82) is 0 Å². The van der Waals surface area contributed by atoms with Gasteiger partial charge in [0.1, 0.15) is 0 Å². The summed E-state index contributed by atoms with van der Waals surface area (Å²) < 4.78 is 38.8. The topological polar surface area (TPSA) is 28.0 Å². The Bertz CT molecular complexity index is 679. The summed E-state index contributed by atoms with van der Waals surface area (Å²) in [4.78, 5) is 1.90. The highest BCUT2D eigenvalue weighted by Gasteiger charge is 2.34. The van der Waals surface area contributed by atoms with Crippen LogP contribution in [0.2, 0.25) is 5.02 Å². The van der Waals surface area contributed by atoms with E-state index in [4.69, 9.17) is 11.6 Å². The molecule has 2 rings (SSSR count). The fourth-order valence-corrected chi connectivity index (χ4v) is 1.92.